The van der Waals surface area contributed by atoms with Crippen molar-refractivity contribution in [3.05, 3.63) is 24.0 Å². The Balaban J connectivity index is 2.16. The van der Waals surface area contributed by atoms with Crippen LogP contribution < -0.4 is 5.32 Å². The first-order valence-electron chi connectivity index (χ1n) is 5.28. The van der Waals surface area contributed by atoms with E-state index in [1.807, 2.05) is 19.4 Å². The minimum absolute atomic E-state index is 0.881. The van der Waals surface area contributed by atoms with Gasteiger partial charge in [-0.3, -0.25) is 4.68 Å². The fourth-order valence-corrected chi connectivity index (χ4v) is 1.60. The number of aromatic nitrogens is 3. The van der Waals surface area contributed by atoms with Crippen LogP contribution in [0.5, 0.6) is 0 Å². The molecule has 4 nitrogen and oxygen atoms in total. The molecule has 0 saturated heterocycles. The van der Waals surface area contributed by atoms with Crippen LogP contribution in [0, 0.1) is 0 Å². The maximum absolute atomic E-state index is 4.38. The Kier molecular flexibility index (Phi) is 2.97. The molecular formula is C11H16N4. The van der Waals surface area contributed by atoms with Crippen molar-refractivity contribution >= 4 is 11.0 Å². The zero-order valence-electron chi connectivity index (χ0n) is 9.20. The smallest absolute Gasteiger partial charge is 0.157 e. The molecule has 0 aliphatic rings. The fraction of sp³-hybridized carbons (Fsp3) is 0.455. The van der Waals surface area contributed by atoms with Gasteiger partial charge in [-0.1, -0.05) is 6.92 Å². The maximum atomic E-state index is 4.38. The number of hydrogen-bond donors (Lipinski definition) is 1. The molecule has 0 unspecified atom stereocenters. The Morgan fingerprint density at radius 2 is 2.27 bits per heavy atom. The monoisotopic (exact) mass is 204 g/mol. The van der Waals surface area contributed by atoms with Crippen LogP contribution in [0.2, 0.25) is 0 Å². The molecular weight excluding hydrogens is 188 g/mol. The highest BCUT2D eigenvalue weighted by molar-refractivity contribution is 5.74. The van der Waals surface area contributed by atoms with Crippen LogP contribution in [-0.4, -0.2) is 21.3 Å². The zero-order valence-corrected chi connectivity index (χ0v) is 9.20. The van der Waals surface area contributed by atoms with Crippen LogP contribution in [0.4, 0.5) is 0 Å². The number of hydrogen-bond acceptors (Lipinski definition) is 3. The van der Waals surface area contributed by atoms with E-state index in [0.29, 0.717) is 0 Å². The van der Waals surface area contributed by atoms with Crippen molar-refractivity contribution in [3.63, 3.8) is 0 Å². The summed E-state index contributed by atoms with van der Waals surface area (Å²) in [5.74, 6) is 0. The molecule has 0 aromatic carbocycles. The molecule has 2 aromatic heterocycles. The highest BCUT2D eigenvalue weighted by Crippen LogP contribution is 2.11. The number of fused-ring (bicyclic) bond motifs is 1. The van der Waals surface area contributed by atoms with Gasteiger partial charge in [0.05, 0.1) is 6.20 Å². The average Bonchev–Trinajstić information content (AvgIpc) is 2.61. The molecule has 0 atom stereocenters. The second-order valence-electron chi connectivity index (χ2n) is 3.70. The van der Waals surface area contributed by atoms with Crippen molar-refractivity contribution in [3.8, 4) is 0 Å². The lowest BCUT2D eigenvalue weighted by atomic mass is 10.2. The summed E-state index contributed by atoms with van der Waals surface area (Å²) in [6, 6.07) is 2.14. The molecule has 0 spiro atoms. The molecule has 0 radical (unpaired) electrons. The summed E-state index contributed by atoms with van der Waals surface area (Å²) in [4.78, 5) is 4.38. The third-order valence-corrected chi connectivity index (χ3v) is 2.38. The highest BCUT2D eigenvalue weighted by Gasteiger charge is 2.01. The lowest BCUT2D eigenvalue weighted by Gasteiger charge is -2.02. The molecule has 4 heteroatoms. The summed E-state index contributed by atoms with van der Waals surface area (Å²) in [7, 11) is 1.91. The van der Waals surface area contributed by atoms with Crippen molar-refractivity contribution in [2.45, 2.75) is 19.9 Å². The van der Waals surface area contributed by atoms with Crippen LogP contribution in [0.1, 0.15) is 18.9 Å². The Morgan fingerprint density at radius 3 is 3.07 bits per heavy atom. The molecule has 80 valence electrons. The lowest BCUT2D eigenvalue weighted by Crippen LogP contribution is -2.13. The van der Waals surface area contributed by atoms with Crippen molar-refractivity contribution in [2.75, 3.05) is 6.54 Å². The standard InChI is InChI=1S/C11H16N4/c1-3-4-12-6-9-5-10-8-14-15(2)11(10)13-7-9/h5,7-8,12H,3-4,6H2,1-2H3. The molecule has 1 N–H and O–H groups in total. The minimum atomic E-state index is 0.881. The molecule has 0 amide bonds. The topological polar surface area (TPSA) is 42.7 Å². The summed E-state index contributed by atoms with van der Waals surface area (Å²) in [6.45, 7) is 4.09. The average molecular weight is 204 g/mol. The molecule has 0 aliphatic carbocycles. The van der Waals surface area contributed by atoms with Gasteiger partial charge >= 0.3 is 0 Å². The quantitative estimate of drug-likeness (QED) is 0.767. The summed E-state index contributed by atoms with van der Waals surface area (Å²) < 4.78 is 1.79. The zero-order chi connectivity index (χ0) is 10.7. The van der Waals surface area contributed by atoms with Crippen LogP contribution in [0.3, 0.4) is 0 Å². The van der Waals surface area contributed by atoms with Crippen LogP contribution in [-0.2, 0) is 13.6 Å². The third kappa shape index (κ3) is 2.15. The van der Waals surface area contributed by atoms with E-state index >= 15 is 0 Å². The van der Waals surface area contributed by atoms with Crippen molar-refractivity contribution < 1.29 is 0 Å². The first-order chi connectivity index (χ1) is 7.31. The molecule has 0 saturated carbocycles. The van der Waals surface area contributed by atoms with Gasteiger partial charge in [-0.05, 0) is 24.6 Å². The van der Waals surface area contributed by atoms with E-state index in [1.165, 1.54) is 5.56 Å². The SMILES string of the molecule is CCCNCc1cnc2c(cnn2C)c1. The number of aryl methyl sites for hydroxylation is 1. The van der Waals surface area contributed by atoms with Gasteiger partial charge in [-0.25, -0.2) is 4.98 Å². The Hall–Kier alpha value is -1.42. The molecule has 0 aliphatic heterocycles. The number of rotatable bonds is 4. The number of nitrogens with one attached hydrogen (secondary N) is 1. The minimum Gasteiger partial charge on any atom is -0.313 e. The predicted octanol–water partition coefficient (Wildman–Crippen LogP) is 1.47. The molecule has 0 fully saturated rings. The molecule has 15 heavy (non-hydrogen) atoms. The summed E-state index contributed by atoms with van der Waals surface area (Å²) in [5.41, 5.74) is 2.15. The van der Waals surface area contributed by atoms with Crippen LogP contribution >= 0.6 is 0 Å². The van der Waals surface area contributed by atoms with Crippen LogP contribution in [0.15, 0.2) is 18.5 Å². The maximum Gasteiger partial charge on any atom is 0.157 e. The number of nitrogens with zero attached hydrogens (tertiary/aromatic N) is 3. The van der Waals surface area contributed by atoms with E-state index in [4.69, 9.17) is 0 Å². The Labute approximate surface area is 89.3 Å². The molecule has 0 bridgehead atoms. The number of pyridine rings is 1. The Bertz CT molecular complexity index is 447. The molecule has 2 rings (SSSR count). The van der Waals surface area contributed by atoms with Gasteiger partial charge in [-0.15, -0.1) is 0 Å². The van der Waals surface area contributed by atoms with Gasteiger partial charge in [0.2, 0.25) is 0 Å². The summed E-state index contributed by atoms with van der Waals surface area (Å²) in [5, 5.41) is 8.63. The van der Waals surface area contributed by atoms with E-state index < -0.39 is 0 Å². The van der Waals surface area contributed by atoms with Gasteiger partial charge in [-0.2, -0.15) is 5.10 Å². The van der Waals surface area contributed by atoms with Gasteiger partial charge in [0.1, 0.15) is 0 Å². The van der Waals surface area contributed by atoms with E-state index in [9.17, 15) is 0 Å². The fourth-order valence-electron chi connectivity index (χ4n) is 1.60. The molecule has 2 aromatic rings. The normalized spacial score (nSPS) is 11.1. The Morgan fingerprint density at radius 1 is 1.40 bits per heavy atom. The predicted molar refractivity (Wildman–Crippen MR) is 60.5 cm³/mol. The molecule has 2 heterocycles. The van der Waals surface area contributed by atoms with Crippen molar-refractivity contribution in [1.29, 1.82) is 0 Å². The first kappa shape index (κ1) is 10.1. The largest absolute Gasteiger partial charge is 0.313 e. The van der Waals surface area contributed by atoms with Gasteiger partial charge in [0.15, 0.2) is 5.65 Å². The second kappa shape index (κ2) is 4.40. The summed E-state index contributed by atoms with van der Waals surface area (Å²) >= 11 is 0. The first-order valence-corrected chi connectivity index (χ1v) is 5.28. The van der Waals surface area contributed by atoms with Crippen LogP contribution in [0.25, 0.3) is 11.0 Å². The van der Waals surface area contributed by atoms with Gasteiger partial charge < -0.3 is 5.32 Å². The van der Waals surface area contributed by atoms with Crippen molar-refractivity contribution in [2.24, 2.45) is 7.05 Å². The van der Waals surface area contributed by atoms with E-state index in [-0.39, 0.29) is 0 Å². The highest BCUT2D eigenvalue weighted by atomic mass is 15.3. The third-order valence-electron chi connectivity index (χ3n) is 2.38. The summed E-state index contributed by atoms with van der Waals surface area (Å²) in [6.07, 6.45) is 4.92. The van der Waals surface area contributed by atoms with Gasteiger partial charge in [0.25, 0.3) is 0 Å². The van der Waals surface area contributed by atoms with E-state index in [0.717, 1.165) is 30.5 Å². The van der Waals surface area contributed by atoms with E-state index in [1.54, 1.807) is 4.68 Å². The van der Waals surface area contributed by atoms with E-state index in [2.05, 4.69) is 28.4 Å². The van der Waals surface area contributed by atoms with Crippen molar-refractivity contribution in [1.82, 2.24) is 20.1 Å². The van der Waals surface area contributed by atoms with Gasteiger partial charge in [0, 0.05) is 25.2 Å². The second-order valence-corrected chi connectivity index (χ2v) is 3.70. The lowest BCUT2D eigenvalue weighted by molar-refractivity contribution is 0.674.